The van der Waals surface area contributed by atoms with Crippen molar-refractivity contribution in [1.82, 2.24) is 9.80 Å². The smallest absolute Gasteiger partial charge is 0.268 e. The Balaban J connectivity index is 1.96. The highest BCUT2D eigenvalue weighted by atomic mass is 16.2. The second-order valence-electron chi connectivity index (χ2n) is 7.59. The molecule has 0 atom stereocenters. The summed E-state index contributed by atoms with van der Waals surface area (Å²) in [5.74, 6) is -0.743. The van der Waals surface area contributed by atoms with Gasteiger partial charge in [-0.2, -0.15) is 0 Å². The molecule has 2 aliphatic carbocycles. The van der Waals surface area contributed by atoms with Crippen molar-refractivity contribution in [2.45, 2.75) is 90.1 Å². The predicted octanol–water partition coefficient (Wildman–Crippen LogP) is 3.78. The van der Waals surface area contributed by atoms with Gasteiger partial charge in [-0.05, 0) is 39.5 Å². The average molecular weight is 332 g/mol. The van der Waals surface area contributed by atoms with Crippen molar-refractivity contribution in [3.05, 3.63) is 11.1 Å². The highest BCUT2D eigenvalue weighted by Gasteiger charge is 2.47. The number of imide groups is 2. The summed E-state index contributed by atoms with van der Waals surface area (Å²) >= 11 is 0. The summed E-state index contributed by atoms with van der Waals surface area (Å²) in [5, 5.41) is 0. The van der Waals surface area contributed by atoms with Gasteiger partial charge < -0.3 is 0 Å². The Morgan fingerprint density at radius 1 is 0.708 bits per heavy atom. The molecule has 0 N–H and O–H groups in total. The molecule has 0 aromatic carbocycles. The summed E-state index contributed by atoms with van der Waals surface area (Å²) in [6.45, 7) is 3.58. The molecular formula is C19H28N2O3. The summed E-state index contributed by atoms with van der Waals surface area (Å²) in [6.07, 6.45) is 9.95. The van der Waals surface area contributed by atoms with Gasteiger partial charge in [-0.15, -0.1) is 0 Å². The van der Waals surface area contributed by atoms with Crippen LogP contribution in [0.4, 0.5) is 4.79 Å². The van der Waals surface area contributed by atoms with Crippen LogP contribution in [-0.4, -0.2) is 39.7 Å². The molecule has 1 aliphatic heterocycles. The summed E-state index contributed by atoms with van der Waals surface area (Å²) in [7, 11) is 0. The van der Waals surface area contributed by atoms with Crippen LogP contribution in [0.1, 0.15) is 78.1 Å². The number of urea groups is 1. The van der Waals surface area contributed by atoms with Crippen molar-refractivity contribution in [1.29, 1.82) is 0 Å². The van der Waals surface area contributed by atoms with Crippen LogP contribution in [0.2, 0.25) is 0 Å². The molecule has 0 spiro atoms. The molecule has 0 aromatic rings. The van der Waals surface area contributed by atoms with Gasteiger partial charge in [-0.25, -0.2) is 4.79 Å². The van der Waals surface area contributed by atoms with E-state index in [1.165, 1.54) is 9.80 Å². The Morgan fingerprint density at radius 3 is 1.42 bits per heavy atom. The first-order valence-electron chi connectivity index (χ1n) is 9.41. The Morgan fingerprint density at radius 2 is 1.08 bits per heavy atom. The van der Waals surface area contributed by atoms with Crippen molar-refractivity contribution in [3.8, 4) is 0 Å². The molecule has 0 radical (unpaired) electrons. The number of rotatable bonds is 2. The minimum absolute atomic E-state index is 0.0488. The lowest BCUT2D eigenvalue weighted by atomic mass is 9.90. The van der Waals surface area contributed by atoms with E-state index in [0.717, 1.165) is 64.2 Å². The summed E-state index contributed by atoms with van der Waals surface area (Å²) < 4.78 is 0. The van der Waals surface area contributed by atoms with E-state index in [0.29, 0.717) is 5.57 Å². The van der Waals surface area contributed by atoms with E-state index in [9.17, 15) is 14.4 Å². The number of nitrogens with zero attached hydrogens (tertiary/aromatic N) is 2. The van der Waals surface area contributed by atoms with Gasteiger partial charge >= 0.3 is 6.03 Å². The number of carbonyl (C=O) groups excluding carboxylic acids is 3. The number of allylic oxidation sites excluding steroid dienone is 1. The summed E-state index contributed by atoms with van der Waals surface area (Å²) in [5.41, 5.74) is 0.921. The quantitative estimate of drug-likeness (QED) is 0.571. The Bertz CT molecular complexity index is 523. The van der Waals surface area contributed by atoms with Gasteiger partial charge in [0.15, 0.2) is 0 Å². The Hall–Kier alpha value is -1.65. The molecule has 3 aliphatic rings. The fraction of sp³-hybridized carbons (Fsp3) is 0.737. The van der Waals surface area contributed by atoms with E-state index in [2.05, 4.69) is 0 Å². The number of carbonyl (C=O) groups is 3. The molecule has 24 heavy (non-hydrogen) atoms. The summed E-state index contributed by atoms with van der Waals surface area (Å²) in [6, 6.07) is -0.464. The fourth-order valence-electron chi connectivity index (χ4n) is 4.37. The van der Waals surface area contributed by atoms with E-state index in [4.69, 9.17) is 0 Å². The number of hydrogen-bond donors (Lipinski definition) is 0. The Labute approximate surface area is 144 Å². The van der Waals surface area contributed by atoms with Crippen LogP contribution in [0.3, 0.4) is 0 Å². The molecule has 5 heteroatoms. The van der Waals surface area contributed by atoms with Gasteiger partial charge in [0.2, 0.25) is 0 Å². The molecule has 1 saturated heterocycles. The SMILES string of the molecule is CC(C)=C1C(=O)N(C2CCCCC2)C(=O)N(C2CCCCC2)C1=O. The third-order valence-electron chi connectivity index (χ3n) is 5.66. The second-order valence-corrected chi connectivity index (χ2v) is 7.59. The zero-order chi connectivity index (χ0) is 17.3. The highest BCUT2D eigenvalue weighted by Crippen LogP contribution is 2.33. The van der Waals surface area contributed by atoms with Crippen molar-refractivity contribution < 1.29 is 14.4 Å². The molecule has 0 bridgehead atoms. The minimum Gasteiger partial charge on any atom is -0.268 e. The molecule has 0 aromatic heterocycles. The van der Waals surface area contributed by atoms with Crippen molar-refractivity contribution in [2.24, 2.45) is 0 Å². The largest absolute Gasteiger partial charge is 0.334 e. The topological polar surface area (TPSA) is 57.7 Å². The highest BCUT2D eigenvalue weighted by molar-refractivity contribution is 6.29. The Kier molecular flexibility index (Phi) is 5.07. The van der Waals surface area contributed by atoms with Gasteiger partial charge in [-0.1, -0.05) is 44.1 Å². The normalized spacial score (nSPS) is 24.8. The number of barbiturate groups is 1. The molecule has 1 heterocycles. The molecule has 132 valence electrons. The van der Waals surface area contributed by atoms with E-state index in [1.807, 2.05) is 0 Å². The fourth-order valence-corrected chi connectivity index (χ4v) is 4.37. The minimum atomic E-state index is -0.371. The molecule has 4 amide bonds. The maximum absolute atomic E-state index is 13.1. The van der Waals surface area contributed by atoms with E-state index in [-0.39, 0.29) is 35.5 Å². The molecule has 3 fully saturated rings. The van der Waals surface area contributed by atoms with E-state index in [1.54, 1.807) is 13.8 Å². The van der Waals surface area contributed by atoms with Crippen LogP contribution < -0.4 is 0 Å². The van der Waals surface area contributed by atoms with Gasteiger partial charge in [0.05, 0.1) is 0 Å². The second kappa shape index (κ2) is 7.08. The van der Waals surface area contributed by atoms with Gasteiger partial charge in [0.1, 0.15) is 5.57 Å². The van der Waals surface area contributed by atoms with Crippen molar-refractivity contribution in [2.75, 3.05) is 0 Å². The van der Waals surface area contributed by atoms with Crippen LogP contribution in [0.5, 0.6) is 0 Å². The van der Waals surface area contributed by atoms with E-state index >= 15 is 0 Å². The first-order chi connectivity index (χ1) is 11.5. The third kappa shape index (κ3) is 3.01. The summed E-state index contributed by atoms with van der Waals surface area (Å²) in [4.78, 5) is 41.8. The maximum Gasteiger partial charge on any atom is 0.334 e. The molecule has 2 saturated carbocycles. The number of amides is 4. The van der Waals surface area contributed by atoms with Crippen LogP contribution >= 0.6 is 0 Å². The first-order valence-corrected chi connectivity index (χ1v) is 9.41. The monoisotopic (exact) mass is 332 g/mol. The lowest BCUT2D eigenvalue weighted by Crippen LogP contribution is -2.62. The van der Waals surface area contributed by atoms with Crippen LogP contribution in [0.25, 0.3) is 0 Å². The standard InChI is InChI=1S/C19H28N2O3/c1-13(2)16-17(22)20(14-9-5-3-6-10-14)19(24)21(18(16)23)15-11-7-4-8-12-15/h14-15H,3-12H2,1-2H3. The molecule has 3 rings (SSSR count). The predicted molar refractivity (Wildman–Crippen MR) is 91.2 cm³/mol. The maximum atomic E-state index is 13.1. The van der Waals surface area contributed by atoms with Gasteiger partial charge in [0.25, 0.3) is 11.8 Å². The molecule has 0 unspecified atom stereocenters. The van der Waals surface area contributed by atoms with E-state index < -0.39 is 0 Å². The molecule has 5 nitrogen and oxygen atoms in total. The van der Waals surface area contributed by atoms with Crippen molar-refractivity contribution >= 4 is 17.8 Å². The van der Waals surface area contributed by atoms with Crippen molar-refractivity contribution in [3.63, 3.8) is 0 Å². The molecular weight excluding hydrogens is 304 g/mol. The van der Waals surface area contributed by atoms with Crippen LogP contribution in [-0.2, 0) is 9.59 Å². The average Bonchev–Trinajstić information content (AvgIpc) is 2.56. The lowest BCUT2D eigenvalue weighted by molar-refractivity contribution is -0.139. The zero-order valence-electron chi connectivity index (χ0n) is 14.8. The van der Waals surface area contributed by atoms with Crippen LogP contribution in [0, 0.1) is 0 Å². The lowest BCUT2D eigenvalue weighted by Gasteiger charge is -2.43. The van der Waals surface area contributed by atoms with Crippen LogP contribution in [0.15, 0.2) is 11.1 Å². The first kappa shape index (κ1) is 17.2. The van der Waals surface area contributed by atoms with Gasteiger partial charge in [0, 0.05) is 12.1 Å². The zero-order valence-corrected chi connectivity index (χ0v) is 14.8. The van der Waals surface area contributed by atoms with Gasteiger partial charge in [-0.3, -0.25) is 19.4 Å². The number of hydrogen-bond acceptors (Lipinski definition) is 3. The third-order valence-corrected chi connectivity index (χ3v) is 5.66.